The van der Waals surface area contributed by atoms with Crippen LogP contribution in [0.25, 0.3) is 16.7 Å². The van der Waals surface area contributed by atoms with Crippen LogP contribution in [0.15, 0.2) is 36.5 Å². The van der Waals surface area contributed by atoms with Gasteiger partial charge in [0.05, 0.1) is 34.0 Å². The van der Waals surface area contributed by atoms with Crippen LogP contribution in [0.4, 0.5) is 4.39 Å². The fraction of sp³-hybridized carbons (Fsp3) is 0.435. The van der Waals surface area contributed by atoms with E-state index in [1.54, 1.807) is 35.9 Å². The Bertz CT molecular complexity index is 1310. The molecule has 0 aliphatic carbocycles. The summed E-state index contributed by atoms with van der Waals surface area (Å²) >= 11 is 0. The number of aromatic nitrogens is 3. The number of rotatable bonds is 7. The number of benzene rings is 1. The lowest BCUT2D eigenvalue weighted by molar-refractivity contribution is 0.0859. The standard InChI is InChI=1S/C23H27FN4O4S/c1-4-6-20-19-11-16(22(29)26-23(3)9-10-33(30,31)14-23)13-25-21(19)28(27-20)17-7-5-8-18(12-17)32-15(2)24/h5,7-8,11-13,15H,4,6,9-10,14H2,1-3H3,(H,26,29)/t15?,23-/m0/s1. The molecule has 0 saturated carbocycles. The topological polar surface area (TPSA) is 103 Å². The summed E-state index contributed by atoms with van der Waals surface area (Å²) in [5.41, 5.74) is 1.56. The van der Waals surface area contributed by atoms with E-state index in [0.29, 0.717) is 35.5 Å². The second-order valence-corrected chi connectivity index (χ2v) is 10.9. The highest BCUT2D eigenvalue weighted by Gasteiger charge is 2.39. The molecule has 176 valence electrons. The van der Waals surface area contributed by atoms with Crippen LogP contribution in [0, 0.1) is 0 Å². The number of carbonyl (C=O) groups is 1. The predicted octanol–water partition coefficient (Wildman–Crippen LogP) is 3.37. The minimum absolute atomic E-state index is 0.0679. The third-order valence-corrected chi connectivity index (χ3v) is 7.53. The van der Waals surface area contributed by atoms with Crippen LogP contribution in [0.3, 0.4) is 0 Å². The number of nitrogens with zero attached hydrogens (tertiary/aromatic N) is 3. The SMILES string of the molecule is CCCc1nn(-c2cccc(OC(C)F)c2)c2ncc(C(=O)N[C@@]3(C)CCS(=O)(=O)C3)cc12. The van der Waals surface area contributed by atoms with Gasteiger partial charge in [-0.1, -0.05) is 19.4 Å². The third kappa shape index (κ3) is 5.00. The lowest BCUT2D eigenvalue weighted by Crippen LogP contribution is -2.46. The van der Waals surface area contributed by atoms with Gasteiger partial charge in [-0.25, -0.2) is 22.5 Å². The molecule has 0 bridgehead atoms. The Hall–Kier alpha value is -3.01. The fourth-order valence-electron chi connectivity index (χ4n) is 4.12. The molecular weight excluding hydrogens is 447 g/mol. The molecule has 3 aromatic rings. The molecule has 1 amide bonds. The van der Waals surface area contributed by atoms with E-state index in [-0.39, 0.29) is 17.4 Å². The van der Waals surface area contributed by atoms with Gasteiger partial charge in [-0.2, -0.15) is 5.10 Å². The first-order chi connectivity index (χ1) is 15.6. The molecule has 2 atom stereocenters. The van der Waals surface area contributed by atoms with Crippen molar-refractivity contribution in [1.29, 1.82) is 0 Å². The number of ether oxygens (including phenoxy) is 1. The van der Waals surface area contributed by atoms with E-state index in [1.165, 1.54) is 13.1 Å². The van der Waals surface area contributed by atoms with Crippen LogP contribution in [-0.4, -0.2) is 52.5 Å². The van der Waals surface area contributed by atoms with Gasteiger partial charge >= 0.3 is 0 Å². The predicted molar refractivity (Wildman–Crippen MR) is 123 cm³/mol. The van der Waals surface area contributed by atoms with Crippen molar-refractivity contribution in [3.8, 4) is 11.4 Å². The van der Waals surface area contributed by atoms with Gasteiger partial charge < -0.3 is 10.1 Å². The smallest absolute Gasteiger partial charge is 0.253 e. The zero-order chi connectivity index (χ0) is 23.8. The number of fused-ring (bicyclic) bond motifs is 1. The van der Waals surface area contributed by atoms with E-state index in [1.807, 2.05) is 13.0 Å². The number of amides is 1. The molecule has 1 aromatic carbocycles. The zero-order valence-corrected chi connectivity index (χ0v) is 19.7. The maximum atomic E-state index is 13.3. The van der Waals surface area contributed by atoms with E-state index in [2.05, 4.69) is 10.3 Å². The van der Waals surface area contributed by atoms with Gasteiger partial charge in [0.1, 0.15) is 5.75 Å². The van der Waals surface area contributed by atoms with Crippen LogP contribution in [0.2, 0.25) is 0 Å². The van der Waals surface area contributed by atoms with Crippen molar-refractivity contribution in [2.45, 2.75) is 51.9 Å². The Morgan fingerprint density at radius 1 is 1.36 bits per heavy atom. The monoisotopic (exact) mass is 474 g/mol. The number of nitrogens with one attached hydrogen (secondary N) is 1. The van der Waals surface area contributed by atoms with E-state index in [9.17, 15) is 17.6 Å². The maximum absolute atomic E-state index is 13.3. The summed E-state index contributed by atoms with van der Waals surface area (Å²) in [5, 5.41) is 8.30. The molecule has 1 aliphatic rings. The van der Waals surface area contributed by atoms with Crippen molar-refractivity contribution in [1.82, 2.24) is 20.1 Å². The third-order valence-electron chi connectivity index (χ3n) is 5.63. The van der Waals surface area contributed by atoms with Crippen LogP contribution in [0.1, 0.15) is 49.7 Å². The summed E-state index contributed by atoms with van der Waals surface area (Å²) < 4.78 is 43.8. The van der Waals surface area contributed by atoms with Crippen LogP contribution in [-0.2, 0) is 16.3 Å². The largest absolute Gasteiger partial charge is 0.461 e. The molecule has 33 heavy (non-hydrogen) atoms. The number of halogens is 1. The number of aryl methyl sites for hydroxylation is 1. The summed E-state index contributed by atoms with van der Waals surface area (Å²) in [6.07, 6.45) is 1.93. The van der Waals surface area contributed by atoms with Crippen LogP contribution >= 0.6 is 0 Å². The fourth-order valence-corrected chi connectivity index (χ4v) is 6.21. The lowest BCUT2D eigenvalue weighted by atomic mass is 10.0. The Morgan fingerprint density at radius 2 is 2.15 bits per heavy atom. The van der Waals surface area contributed by atoms with Gasteiger partial charge in [-0.15, -0.1) is 0 Å². The first-order valence-electron chi connectivity index (χ1n) is 10.9. The summed E-state index contributed by atoms with van der Waals surface area (Å²) in [6, 6.07) is 8.66. The molecule has 1 aliphatic heterocycles. The van der Waals surface area contributed by atoms with Crippen molar-refractivity contribution in [2.75, 3.05) is 11.5 Å². The van der Waals surface area contributed by atoms with Crippen LogP contribution < -0.4 is 10.1 Å². The first-order valence-corrected chi connectivity index (χ1v) is 12.7. The van der Waals surface area contributed by atoms with Gasteiger partial charge in [0.25, 0.3) is 5.91 Å². The highest BCUT2D eigenvalue weighted by atomic mass is 32.2. The number of carbonyl (C=O) groups excluding carboxylic acids is 1. The zero-order valence-electron chi connectivity index (χ0n) is 18.8. The Morgan fingerprint density at radius 3 is 2.82 bits per heavy atom. The molecule has 1 unspecified atom stereocenters. The van der Waals surface area contributed by atoms with E-state index < -0.39 is 21.7 Å². The first kappa shape index (κ1) is 23.2. The number of alkyl halides is 1. The van der Waals surface area contributed by atoms with Crippen molar-refractivity contribution >= 4 is 26.8 Å². The summed E-state index contributed by atoms with van der Waals surface area (Å²) in [5.74, 6) is -0.000101. The van der Waals surface area contributed by atoms with Crippen LogP contribution in [0.5, 0.6) is 5.75 Å². The van der Waals surface area contributed by atoms with Gasteiger partial charge in [0.15, 0.2) is 15.5 Å². The lowest BCUT2D eigenvalue weighted by Gasteiger charge is -2.23. The second kappa shape index (κ2) is 8.74. The van der Waals surface area contributed by atoms with Gasteiger partial charge in [-0.05, 0) is 38.0 Å². The molecule has 1 saturated heterocycles. The molecule has 8 nitrogen and oxygen atoms in total. The average Bonchev–Trinajstić information content (AvgIpc) is 3.23. The average molecular weight is 475 g/mol. The Labute approximate surface area is 192 Å². The molecular formula is C23H27FN4O4S. The minimum Gasteiger partial charge on any atom is -0.461 e. The number of hydrogen-bond donors (Lipinski definition) is 1. The minimum atomic E-state index is -3.15. The van der Waals surface area contributed by atoms with Gasteiger partial charge in [0.2, 0.25) is 6.36 Å². The normalized spacial score (nSPS) is 20.6. The molecule has 2 aromatic heterocycles. The molecule has 1 fully saturated rings. The molecule has 10 heteroatoms. The van der Waals surface area contributed by atoms with E-state index >= 15 is 0 Å². The van der Waals surface area contributed by atoms with Crippen molar-refractivity contribution in [2.24, 2.45) is 0 Å². The Kier molecular flexibility index (Phi) is 6.13. The number of hydrogen-bond acceptors (Lipinski definition) is 6. The van der Waals surface area contributed by atoms with Crippen molar-refractivity contribution < 1.29 is 22.3 Å². The number of pyridine rings is 1. The highest BCUT2D eigenvalue weighted by molar-refractivity contribution is 7.91. The summed E-state index contributed by atoms with van der Waals surface area (Å²) in [7, 11) is -3.15. The quantitative estimate of drug-likeness (QED) is 0.563. The molecule has 0 radical (unpaired) electrons. The van der Waals surface area contributed by atoms with E-state index in [4.69, 9.17) is 9.84 Å². The molecule has 4 rings (SSSR count). The van der Waals surface area contributed by atoms with E-state index in [0.717, 1.165) is 17.5 Å². The summed E-state index contributed by atoms with van der Waals surface area (Å²) in [6.45, 7) is 5.09. The Balaban J connectivity index is 1.69. The second-order valence-electron chi connectivity index (χ2n) is 8.72. The van der Waals surface area contributed by atoms with Crippen molar-refractivity contribution in [3.63, 3.8) is 0 Å². The molecule has 3 heterocycles. The highest BCUT2D eigenvalue weighted by Crippen LogP contribution is 2.27. The number of sulfone groups is 1. The van der Waals surface area contributed by atoms with Gasteiger partial charge in [-0.3, -0.25) is 4.79 Å². The maximum Gasteiger partial charge on any atom is 0.253 e. The molecule has 0 spiro atoms. The molecule has 1 N–H and O–H groups in total. The van der Waals surface area contributed by atoms with Crippen molar-refractivity contribution in [3.05, 3.63) is 47.8 Å². The summed E-state index contributed by atoms with van der Waals surface area (Å²) in [4.78, 5) is 17.4. The van der Waals surface area contributed by atoms with Gasteiger partial charge in [0, 0.05) is 24.6 Å².